The first-order chi connectivity index (χ1) is 11.1. The molecule has 1 atom stereocenters. The highest BCUT2D eigenvalue weighted by Crippen LogP contribution is 2.28. The molecule has 1 aromatic heterocycles. The predicted octanol–water partition coefficient (Wildman–Crippen LogP) is 2.20. The fourth-order valence-electron chi connectivity index (χ4n) is 3.00. The van der Waals surface area contributed by atoms with Crippen molar-refractivity contribution in [2.45, 2.75) is 24.9 Å². The Morgan fingerprint density at radius 1 is 1.48 bits per heavy atom. The first kappa shape index (κ1) is 16.5. The number of carbonyl (C=O) groups is 1. The second-order valence-corrected chi connectivity index (χ2v) is 6.69. The third-order valence-corrected chi connectivity index (χ3v) is 4.80. The van der Waals surface area contributed by atoms with Crippen LogP contribution in [0.25, 0.3) is 0 Å². The average molecular weight is 342 g/mol. The van der Waals surface area contributed by atoms with Gasteiger partial charge in [0.25, 0.3) is 0 Å². The van der Waals surface area contributed by atoms with Crippen molar-refractivity contribution in [2.75, 3.05) is 37.7 Å². The maximum Gasteiger partial charge on any atom is 0.225 e. The van der Waals surface area contributed by atoms with Gasteiger partial charge in [0.1, 0.15) is 11.5 Å². The van der Waals surface area contributed by atoms with Crippen LogP contribution in [-0.4, -0.2) is 49.4 Å². The number of anilines is 1. The summed E-state index contributed by atoms with van der Waals surface area (Å²) in [5.41, 5.74) is -1.35. The Labute approximate surface area is 140 Å². The van der Waals surface area contributed by atoms with Crippen molar-refractivity contribution in [3.05, 3.63) is 23.4 Å². The van der Waals surface area contributed by atoms with Crippen LogP contribution in [0.4, 0.5) is 10.2 Å². The molecule has 2 saturated heterocycles. The lowest BCUT2D eigenvalue weighted by Gasteiger charge is -2.37. The number of hydrogen-bond acceptors (Lipinski definition) is 4. The van der Waals surface area contributed by atoms with Crippen LogP contribution in [0.1, 0.15) is 19.3 Å². The highest BCUT2D eigenvalue weighted by molar-refractivity contribution is 6.30. The molecule has 0 spiro atoms. The first-order valence-corrected chi connectivity index (χ1v) is 8.34. The van der Waals surface area contributed by atoms with Gasteiger partial charge in [-0.2, -0.15) is 0 Å². The first-order valence-electron chi connectivity index (χ1n) is 7.97. The molecule has 3 rings (SSSR count). The molecule has 1 N–H and O–H groups in total. The van der Waals surface area contributed by atoms with E-state index in [4.69, 9.17) is 16.3 Å². The van der Waals surface area contributed by atoms with E-state index in [0.29, 0.717) is 44.2 Å². The number of halogens is 2. The number of nitrogens with zero attached hydrogens (tertiary/aromatic N) is 2. The van der Waals surface area contributed by atoms with Gasteiger partial charge in [-0.1, -0.05) is 11.6 Å². The van der Waals surface area contributed by atoms with Crippen molar-refractivity contribution < 1.29 is 13.9 Å². The molecule has 7 heteroatoms. The number of alkyl halides is 1. The Kier molecular flexibility index (Phi) is 5.02. The maximum atomic E-state index is 14.9. The van der Waals surface area contributed by atoms with Crippen LogP contribution in [0.3, 0.4) is 0 Å². The minimum atomic E-state index is -1.35. The van der Waals surface area contributed by atoms with Crippen LogP contribution < -0.4 is 10.2 Å². The topological polar surface area (TPSA) is 54.5 Å². The van der Waals surface area contributed by atoms with E-state index in [2.05, 4.69) is 10.3 Å². The highest BCUT2D eigenvalue weighted by Gasteiger charge is 2.36. The van der Waals surface area contributed by atoms with E-state index in [9.17, 15) is 9.18 Å². The summed E-state index contributed by atoms with van der Waals surface area (Å²) in [6, 6.07) is 3.63. The lowest BCUT2D eigenvalue weighted by molar-refractivity contribution is -0.125. The summed E-state index contributed by atoms with van der Waals surface area (Å²) in [6.07, 6.45) is 3.07. The smallest absolute Gasteiger partial charge is 0.225 e. The molecule has 2 fully saturated rings. The number of ether oxygens (including phenoxy) is 1. The number of hydrogen-bond donors (Lipinski definition) is 1. The van der Waals surface area contributed by atoms with E-state index in [-0.39, 0.29) is 18.4 Å². The SMILES string of the molecule is O=C(NCC1(F)CCN(c2ccc(Cl)cn2)CC1)C1CCOC1. The fraction of sp³-hybridized carbons (Fsp3) is 0.625. The molecule has 1 aromatic rings. The van der Waals surface area contributed by atoms with Gasteiger partial charge in [-0.15, -0.1) is 0 Å². The molecule has 1 unspecified atom stereocenters. The Hall–Kier alpha value is -1.40. The molecule has 0 bridgehead atoms. The number of amides is 1. The van der Waals surface area contributed by atoms with E-state index < -0.39 is 5.67 Å². The van der Waals surface area contributed by atoms with Crippen LogP contribution in [-0.2, 0) is 9.53 Å². The lowest BCUT2D eigenvalue weighted by atomic mass is 9.93. The van der Waals surface area contributed by atoms with Gasteiger partial charge in [-0.3, -0.25) is 4.79 Å². The monoisotopic (exact) mass is 341 g/mol. The summed E-state index contributed by atoms with van der Waals surface area (Å²) in [4.78, 5) is 18.3. The summed E-state index contributed by atoms with van der Waals surface area (Å²) >= 11 is 5.83. The predicted molar refractivity (Wildman–Crippen MR) is 86.5 cm³/mol. The van der Waals surface area contributed by atoms with Gasteiger partial charge >= 0.3 is 0 Å². The highest BCUT2D eigenvalue weighted by atomic mass is 35.5. The van der Waals surface area contributed by atoms with Crippen molar-refractivity contribution in [3.63, 3.8) is 0 Å². The number of carbonyl (C=O) groups excluding carboxylic acids is 1. The van der Waals surface area contributed by atoms with Gasteiger partial charge in [0.15, 0.2) is 0 Å². The molecular formula is C16H21ClFN3O2. The number of piperidine rings is 1. The number of aromatic nitrogens is 1. The van der Waals surface area contributed by atoms with Crippen LogP contribution >= 0.6 is 11.6 Å². The van der Waals surface area contributed by atoms with Crippen molar-refractivity contribution in [2.24, 2.45) is 5.92 Å². The van der Waals surface area contributed by atoms with Crippen molar-refractivity contribution in [3.8, 4) is 0 Å². The summed E-state index contributed by atoms with van der Waals surface area (Å²) in [7, 11) is 0. The summed E-state index contributed by atoms with van der Waals surface area (Å²) in [6.45, 7) is 2.29. The molecule has 0 saturated carbocycles. The molecule has 2 aliphatic heterocycles. The fourth-order valence-corrected chi connectivity index (χ4v) is 3.11. The molecule has 5 nitrogen and oxygen atoms in total. The van der Waals surface area contributed by atoms with Crippen molar-refractivity contribution in [1.29, 1.82) is 0 Å². The third kappa shape index (κ3) is 4.12. The van der Waals surface area contributed by atoms with E-state index >= 15 is 0 Å². The summed E-state index contributed by atoms with van der Waals surface area (Å²) in [5, 5.41) is 3.34. The van der Waals surface area contributed by atoms with Crippen LogP contribution in [0, 0.1) is 5.92 Å². The van der Waals surface area contributed by atoms with Gasteiger partial charge in [0.05, 0.1) is 24.1 Å². The second kappa shape index (κ2) is 7.01. The van der Waals surface area contributed by atoms with E-state index in [0.717, 1.165) is 12.2 Å². The molecular weight excluding hydrogens is 321 g/mol. The molecule has 1 amide bonds. The van der Waals surface area contributed by atoms with Crippen LogP contribution in [0.15, 0.2) is 18.3 Å². The van der Waals surface area contributed by atoms with E-state index in [1.54, 1.807) is 12.3 Å². The van der Waals surface area contributed by atoms with Gasteiger partial charge in [-0.25, -0.2) is 9.37 Å². The quantitative estimate of drug-likeness (QED) is 0.912. The van der Waals surface area contributed by atoms with Crippen LogP contribution in [0.5, 0.6) is 0 Å². The van der Waals surface area contributed by atoms with Gasteiger partial charge < -0.3 is 15.0 Å². The number of pyridine rings is 1. The Bertz CT molecular complexity index is 541. The van der Waals surface area contributed by atoms with E-state index in [1.165, 1.54) is 0 Å². The zero-order valence-electron chi connectivity index (χ0n) is 12.9. The molecule has 3 heterocycles. The average Bonchev–Trinajstić information content (AvgIpc) is 3.09. The molecule has 0 radical (unpaired) electrons. The standard InChI is InChI=1S/C16H21ClFN3O2/c17-13-1-2-14(19-9-13)21-6-4-16(18,5-7-21)11-20-15(22)12-3-8-23-10-12/h1-2,9,12H,3-8,10-11H2,(H,20,22). The zero-order chi connectivity index (χ0) is 16.3. The number of nitrogens with one attached hydrogen (secondary N) is 1. The lowest BCUT2D eigenvalue weighted by Crippen LogP contribution is -2.49. The molecule has 126 valence electrons. The Morgan fingerprint density at radius 2 is 2.26 bits per heavy atom. The van der Waals surface area contributed by atoms with Crippen LogP contribution in [0.2, 0.25) is 5.02 Å². The Morgan fingerprint density at radius 3 is 2.87 bits per heavy atom. The number of rotatable bonds is 4. The minimum Gasteiger partial charge on any atom is -0.381 e. The third-order valence-electron chi connectivity index (χ3n) is 4.58. The van der Waals surface area contributed by atoms with Gasteiger partial charge in [0, 0.05) is 38.7 Å². The second-order valence-electron chi connectivity index (χ2n) is 6.25. The minimum absolute atomic E-state index is 0.0736. The van der Waals surface area contributed by atoms with E-state index in [1.807, 2.05) is 11.0 Å². The Balaban J connectivity index is 1.48. The normalized spacial score (nSPS) is 23.7. The largest absolute Gasteiger partial charge is 0.381 e. The molecule has 0 aliphatic carbocycles. The molecule has 0 aromatic carbocycles. The summed E-state index contributed by atoms with van der Waals surface area (Å²) < 4.78 is 20.0. The molecule has 2 aliphatic rings. The molecule has 23 heavy (non-hydrogen) atoms. The van der Waals surface area contributed by atoms with Crippen molar-refractivity contribution in [1.82, 2.24) is 10.3 Å². The maximum absolute atomic E-state index is 14.9. The van der Waals surface area contributed by atoms with Gasteiger partial charge in [-0.05, 0) is 18.6 Å². The zero-order valence-corrected chi connectivity index (χ0v) is 13.7. The summed E-state index contributed by atoms with van der Waals surface area (Å²) in [5.74, 6) is 0.585. The van der Waals surface area contributed by atoms with Gasteiger partial charge in [0.2, 0.25) is 5.91 Å². The van der Waals surface area contributed by atoms with Crippen molar-refractivity contribution >= 4 is 23.3 Å².